The van der Waals surface area contributed by atoms with Gasteiger partial charge in [0.05, 0.1) is 11.4 Å². The summed E-state index contributed by atoms with van der Waals surface area (Å²) < 4.78 is 52.2. The number of amides is 2. The van der Waals surface area contributed by atoms with E-state index in [4.69, 9.17) is 0 Å². The van der Waals surface area contributed by atoms with Crippen LogP contribution in [0.5, 0.6) is 0 Å². The van der Waals surface area contributed by atoms with E-state index in [1.165, 1.54) is 12.2 Å². The highest BCUT2D eigenvalue weighted by Gasteiger charge is 2.06. The van der Waals surface area contributed by atoms with Crippen LogP contribution in [0.2, 0.25) is 0 Å². The number of carbonyl (C=O) groups excluding carboxylic acids is 2. The van der Waals surface area contributed by atoms with E-state index in [1.54, 1.807) is 0 Å². The Kier molecular flexibility index (Phi) is 6.26. The summed E-state index contributed by atoms with van der Waals surface area (Å²) in [6.07, 6.45) is 4.39. The predicted octanol–water partition coefficient (Wildman–Crippen LogP) is 3.93. The lowest BCUT2D eigenvalue weighted by Gasteiger charge is -2.03. The maximum absolute atomic E-state index is 13.4. The van der Waals surface area contributed by atoms with Crippen molar-refractivity contribution in [3.63, 3.8) is 0 Å². The molecule has 8 heteroatoms. The molecule has 0 radical (unpaired) electrons. The third kappa shape index (κ3) is 5.59. The molecule has 0 aliphatic carbocycles. The molecule has 2 amide bonds. The lowest BCUT2D eigenvalue weighted by atomic mass is 10.3. The molecule has 0 saturated heterocycles. The summed E-state index contributed by atoms with van der Waals surface area (Å²) in [7, 11) is 0. The van der Waals surface area contributed by atoms with Crippen molar-refractivity contribution in [1.29, 1.82) is 0 Å². The summed E-state index contributed by atoms with van der Waals surface area (Å²) in [6, 6.07) is 5.35. The zero-order chi connectivity index (χ0) is 19.1. The fraction of sp³-hybridized carbons (Fsp3) is 0. The molecule has 0 bridgehead atoms. The van der Waals surface area contributed by atoms with E-state index in [9.17, 15) is 27.2 Å². The summed E-state index contributed by atoms with van der Waals surface area (Å²) >= 11 is 0. The third-order valence-corrected chi connectivity index (χ3v) is 2.98. The second kappa shape index (κ2) is 8.61. The number of carbonyl (C=O) groups is 2. The number of halogens is 4. The number of hydrogen-bond acceptors (Lipinski definition) is 2. The van der Waals surface area contributed by atoms with Crippen molar-refractivity contribution in [3.8, 4) is 0 Å². The molecule has 4 nitrogen and oxygen atoms in total. The molecule has 0 saturated carbocycles. The van der Waals surface area contributed by atoms with Crippen molar-refractivity contribution in [3.05, 3.63) is 84.0 Å². The fourth-order valence-corrected chi connectivity index (χ4v) is 1.82. The first-order valence-electron chi connectivity index (χ1n) is 7.22. The zero-order valence-corrected chi connectivity index (χ0v) is 13.1. The van der Waals surface area contributed by atoms with E-state index in [0.29, 0.717) is 12.1 Å². The molecule has 0 fully saturated rings. The average Bonchev–Trinajstić information content (AvgIpc) is 2.57. The highest BCUT2D eigenvalue weighted by atomic mass is 19.1. The van der Waals surface area contributed by atoms with Gasteiger partial charge in [-0.3, -0.25) is 9.59 Å². The van der Waals surface area contributed by atoms with E-state index >= 15 is 0 Å². The molecule has 2 rings (SSSR count). The highest BCUT2D eigenvalue weighted by Crippen LogP contribution is 2.15. The van der Waals surface area contributed by atoms with Crippen LogP contribution in [0.25, 0.3) is 0 Å². The van der Waals surface area contributed by atoms with Gasteiger partial charge in [-0.1, -0.05) is 12.2 Å². The Morgan fingerprint density at radius 1 is 0.692 bits per heavy atom. The van der Waals surface area contributed by atoms with Crippen LogP contribution in [0.4, 0.5) is 28.9 Å². The van der Waals surface area contributed by atoms with Crippen molar-refractivity contribution < 1.29 is 27.2 Å². The van der Waals surface area contributed by atoms with E-state index in [2.05, 4.69) is 10.6 Å². The average molecular weight is 364 g/mol. The van der Waals surface area contributed by atoms with E-state index in [0.717, 1.165) is 36.4 Å². The van der Waals surface area contributed by atoms with Crippen molar-refractivity contribution in [1.82, 2.24) is 0 Å². The molecule has 2 aromatic rings. The summed E-state index contributed by atoms with van der Waals surface area (Å²) in [5.41, 5.74) is -0.399. The number of nitrogens with one attached hydrogen (secondary N) is 2. The highest BCUT2D eigenvalue weighted by molar-refractivity contribution is 6.01. The van der Waals surface area contributed by atoms with Gasteiger partial charge >= 0.3 is 0 Å². The molecule has 0 aliphatic rings. The number of benzene rings is 2. The van der Waals surface area contributed by atoms with Gasteiger partial charge in [0, 0.05) is 24.3 Å². The minimum Gasteiger partial charge on any atom is -0.320 e. The molecular weight excluding hydrogens is 352 g/mol. The molecule has 0 heterocycles. The van der Waals surface area contributed by atoms with Gasteiger partial charge in [-0.2, -0.15) is 0 Å². The van der Waals surface area contributed by atoms with Gasteiger partial charge in [-0.15, -0.1) is 0 Å². The van der Waals surface area contributed by atoms with E-state index in [-0.39, 0.29) is 11.4 Å². The molecule has 2 aromatic carbocycles. The molecule has 0 aliphatic heterocycles. The number of anilines is 2. The fourth-order valence-electron chi connectivity index (χ4n) is 1.82. The van der Waals surface area contributed by atoms with Crippen LogP contribution < -0.4 is 10.6 Å². The molecule has 0 atom stereocenters. The molecule has 0 aromatic heterocycles. The largest absolute Gasteiger partial charge is 0.320 e. The van der Waals surface area contributed by atoms with E-state index in [1.807, 2.05) is 0 Å². The Hall–Kier alpha value is -3.42. The monoisotopic (exact) mass is 364 g/mol. The SMILES string of the molecule is O=C(C=CC=CC(=O)Nc1ccc(F)cc1F)Nc1ccc(F)cc1F. The molecule has 0 spiro atoms. The predicted molar refractivity (Wildman–Crippen MR) is 88.3 cm³/mol. The molecular formula is C18H12F4N2O2. The maximum Gasteiger partial charge on any atom is 0.248 e. The molecule has 2 N–H and O–H groups in total. The first-order chi connectivity index (χ1) is 12.3. The van der Waals surface area contributed by atoms with Crippen molar-refractivity contribution in [2.45, 2.75) is 0 Å². The maximum atomic E-state index is 13.4. The van der Waals surface area contributed by atoms with Crippen LogP contribution >= 0.6 is 0 Å². The lowest BCUT2D eigenvalue weighted by molar-refractivity contribution is -0.112. The Labute approximate surface area is 145 Å². The molecule has 134 valence electrons. The standard InChI is InChI=1S/C18H12F4N2O2/c19-11-5-7-15(13(21)9-11)23-17(25)3-1-2-4-18(26)24-16-8-6-12(20)10-14(16)22/h1-10H,(H,23,25)(H,24,26). The minimum atomic E-state index is -0.928. The number of allylic oxidation sites excluding steroid dienone is 2. The van der Waals surface area contributed by atoms with Gasteiger partial charge in [0.25, 0.3) is 0 Å². The zero-order valence-electron chi connectivity index (χ0n) is 13.1. The Morgan fingerprint density at radius 3 is 1.42 bits per heavy atom. The van der Waals surface area contributed by atoms with Gasteiger partial charge in [0.1, 0.15) is 23.3 Å². The van der Waals surface area contributed by atoms with Crippen LogP contribution in [0, 0.1) is 23.3 Å². The van der Waals surface area contributed by atoms with Crippen molar-refractivity contribution >= 4 is 23.2 Å². The van der Waals surface area contributed by atoms with Crippen LogP contribution in [0.3, 0.4) is 0 Å². The lowest BCUT2D eigenvalue weighted by Crippen LogP contribution is -2.10. The second-order valence-electron chi connectivity index (χ2n) is 4.95. The van der Waals surface area contributed by atoms with Gasteiger partial charge < -0.3 is 10.6 Å². The first kappa shape index (κ1) is 18.9. The quantitative estimate of drug-likeness (QED) is 0.480. The number of rotatable bonds is 5. The normalized spacial score (nSPS) is 11.1. The van der Waals surface area contributed by atoms with Crippen LogP contribution in [-0.2, 0) is 9.59 Å². The first-order valence-corrected chi connectivity index (χ1v) is 7.22. The third-order valence-electron chi connectivity index (χ3n) is 2.98. The summed E-state index contributed by atoms with van der Waals surface area (Å²) in [4.78, 5) is 23.2. The van der Waals surface area contributed by atoms with Gasteiger partial charge in [0.15, 0.2) is 0 Å². The summed E-state index contributed by atoms with van der Waals surface area (Å²) in [6.45, 7) is 0. The summed E-state index contributed by atoms with van der Waals surface area (Å²) in [5, 5.41) is 4.38. The Balaban J connectivity index is 1.88. The number of hydrogen-bond donors (Lipinski definition) is 2. The molecule has 0 unspecified atom stereocenters. The van der Waals surface area contributed by atoms with Crippen LogP contribution in [0.1, 0.15) is 0 Å². The molecule has 26 heavy (non-hydrogen) atoms. The Bertz CT molecular complexity index is 821. The van der Waals surface area contributed by atoms with E-state index < -0.39 is 35.1 Å². The smallest absolute Gasteiger partial charge is 0.248 e. The topological polar surface area (TPSA) is 58.2 Å². The Morgan fingerprint density at radius 2 is 1.08 bits per heavy atom. The summed E-state index contributed by atoms with van der Waals surface area (Å²) in [5.74, 6) is -4.81. The van der Waals surface area contributed by atoms with Gasteiger partial charge in [-0.05, 0) is 24.3 Å². The minimum absolute atomic E-state index is 0.199. The van der Waals surface area contributed by atoms with Crippen LogP contribution in [0.15, 0.2) is 60.7 Å². The van der Waals surface area contributed by atoms with Crippen molar-refractivity contribution in [2.24, 2.45) is 0 Å². The second-order valence-corrected chi connectivity index (χ2v) is 4.95. The van der Waals surface area contributed by atoms with Crippen molar-refractivity contribution in [2.75, 3.05) is 10.6 Å². The van der Waals surface area contributed by atoms with Gasteiger partial charge in [0.2, 0.25) is 11.8 Å². The van der Waals surface area contributed by atoms with Crippen LogP contribution in [-0.4, -0.2) is 11.8 Å². The van der Waals surface area contributed by atoms with Gasteiger partial charge in [-0.25, -0.2) is 17.6 Å².